The first-order valence-electron chi connectivity index (χ1n) is 7.52. The van der Waals surface area contributed by atoms with Crippen LogP contribution in [0.15, 0.2) is 35.7 Å². The molecule has 0 N–H and O–H groups in total. The molecular weight excluding hydrogens is 310 g/mol. The van der Waals surface area contributed by atoms with Gasteiger partial charge in [0.05, 0.1) is 5.75 Å². The molecule has 0 bridgehead atoms. The van der Waals surface area contributed by atoms with E-state index in [9.17, 15) is 4.79 Å². The summed E-state index contributed by atoms with van der Waals surface area (Å²) in [5, 5.41) is 8.68. The van der Waals surface area contributed by atoms with Crippen LogP contribution in [0, 0.1) is 0 Å². The normalized spacial score (nSPS) is 10.6. The number of rotatable bonds is 7. The van der Waals surface area contributed by atoms with Crippen LogP contribution in [0.4, 0.5) is 5.69 Å². The monoisotopic (exact) mass is 333 g/mol. The Morgan fingerprint density at radius 1 is 1.22 bits per heavy atom. The van der Waals surface area contributed by atoms with Crippen molar-refractivity contribution < 1.29 is 4.79 Å². The first-order valence-corrected chi connectivity index (χ1v) is 8.50. The Bertz CT molecular complexity index is 638. The molecule has 0 spiro atoms. The maximum Gasteiger partial charge on any atom is 0.233 e. The Hall–Kier alpha value is -2.02. The van der Waals surface area contributed by atoms with Gasteiger partial charge in [-0.05, 0) is 24.6 Å². The maximum atomic E-state index is 12.3. The highest BCUT2D eigenvalue weighted by molar-refractivity contribution is 7.99. The molecule has 1 amide bonds. The van der Waals surface area contributed by atoms with E-state index in [1.54, 1.807) is 11.2 Å². The number of amides is 1. The number of aryl methyl sites for hydroxylation is 1. The van der Waals surface area contributed by atoms with E-state index in [0.29, 0.717) is 12.3 Å². The van der Waals surface area contributed by atoms with Gasteiger partial charge in [0.25, 0.3) is 0 Å². The molecule has 0 aliphatic heterocycles. The summed E-state index contributed by atoms with van der Waals surface area (Å²) in [5.41, 5.74) is 2.27. The lowest BCUT2D eigenvalue weighted by Crippen LogP contribution is -2.27. The molecule has 0 aliphatic rings. The van der Waals surface area contributed by atoms with Crippen LogP contribution in [-0.4, -0.2) is 52.5 Å². The summed E-state index contributed by atoms with van der Waals surface area (Å²) in [5.74, 6) is 0.447. The topological polar surface area (TPSA) is 54.3 Å². The number of aromatic nitrogens is 3. The van der Waals surface area contributed by atoms with Gasteiger partial charge in [0, 0.05) is 39.9 Å². The number of hydrogen-bond donors (Lipinski definition) is 0. The van der Waals surface area contributed by atoms with E-state index in [0.717, 1.165) is 23.0 Å². The van der Waals surface area contributed by atoms with E-state index in [4.69, 9.17) is 0 Å². The predicted molar refractivity (Wildman–Crippen MR) is 93.7 cm³/mol. The van der Waals surface area contributed by atoms with Gasteiger partial charge in [-0.2, -0.15) is 0 Å². The number of carbonyl (C=O) groups excluding carboxylic acids is 1. The van der Waals surface area contributed by atoms with Gasteiger partial charge in [0.15, 0.2) is 5.16 Å². The van der Waals surface area contributed by atoms with Crippen LogP contribution in [0.5, 0.6) is 0 Å². The zero-order valence-electron chi connectivity index (χ0n) is 14.1. The Kier molecular flexibility index (Phi) is 6.04. The molecule has 2 rings (SSSR count). The van der Waals surface area contributed by atoms with Crippen molar-refractivity contribution in [3.05, 3.63) is 36.2 Å². The lowest BCUT2D eigenvalue weighted by molar-refractivity contribution is -0.127. The largest absolute Gasteiger partial charge is 0.378 e. The van der Waals surface area contributed by atoms with Crippen LogP contribution < -0.4 is 4.90 Å². The van der Waals surface area contributed by atoms with Gasteiger partial charge in [-0.3, -0.25) is 4.79 Å². The van der Waals surface area contributed by atoms with Crippen molar-refractivity contribution in [3.63, 3.8) is 0 Å². The van der Waals surface area contributed by atoms with Gasteiger partial charge in [0.2, 0.25) is 5.91 Å². The van der Waals surface area contributed by atoms with Crippen LogP contribution in [0.3, 0.4) is 0 Å². The molecule has 23 heavy (non-hydrogen) atoms. The molecule has 1 aromatic carbocycles. The third-order valence-electron chi connectivity index (χ3n) is 3.54. The third kappa shape index (κ3) is 4.72. The van der Waals surface area contributed by atoms with Crippen LogP contribution in [-0.2, 0) is 17.9 Å². The number of nitrogens with zero attached hydrogens (tertiary/aromatic N) is 5. The number of thioether (sulfide) groups is 1. The fraction of sp³-hybridized carbons (Fsp3) is 0.438. The van der Waals surface area contributed by atoms with Gasteiger partial charge in [-0.1, -0.05) is 23.9 Å². The van der Waals surface area contributed by atoms with Gasteiger partial charge in [-0.15, -0.1) is 10.2 Å². The summed E-state index contributed by atoms with van der Waals surface area (Å²) in [6.07, 6.45) is 1.68. The molecule has 7 heteroatoms. The van der Waals surface area contributed by atoms with Crippen molar-refractivity contribution in [2.45, 2.75) is 25.2 Å². The second-order valence-corrected chi connectivity index (χ2v) is 6.44. The Morgan fingerprint density at radius 2 is 1.91 bits per heavy atom. The molecule has 0 atom stereocenters. The lowest BCUT2D eigenvalue weighted by atomic mass is 10.2. The number of anilines is 1. The van der Waals surface area contributed by atoms with Gasteiger partial charge < -0.3 is 14.4 Å². The Labute approximate surface area is 141 Å². The molecule has 0 saturated carbocycles. The van der Waals surface area contributed by atoms with Crippen LogP contribution >= 0.6 is 11.8 Å². The molecular formula is C16H23N5OS. The third-order valence-corrected chi connectivity index (χ3v) is 4.51. The van der Waals surface area contributed by atoms with Crippen molar-refractivity contribution in [1.29, 1.82) is 0 Å². The number of hydrogen-bond acceptors (Lipinski definition) is 5. The molecule has 0 unspecified atom stereocenters. The van der Waals surface area contributed by atoms with E-state index in [2.05, 4.69) is 39.4 Å². The average molecular weight is 333 g/mol. The minimum atomic E-state index is 0.0809. The molecule has 1 aromatic heterocycles. The average Bonchev–Trinajstić information content (AvgIpc) is 3.00. The lowest BCUT2D eigenvalue weighted by Gasteiger charge is -2.18. The highest BCUT2D eigenvalue weighted by Gasteiger charge is 2.12. The number of carbonyl (C=O) groups is 1. The first kappa shape index (κ1) is 17.3. The minimum Gasteiger partial charge on any atom is -0.378 e. The van der Waals surface area contributed by atoms with Crippen LogP contribution in [0.2, 0.25) is 0 Å². The van der Waals surface area contributed by atoms with E-state index in [-0.39, 0.29) is 5.91 Å². The SMILES string of the molecule is CCn1cnnc1SCC(=O)N(C)Cc1ccc(N(C)C)cc1. The highest BCUT2D eigenvalue weighted by Crippen LogP contribution is 2.17. The molecule has 0 fully saturated rings. The fourth-order valence-corrected chi connectivity index (χ4v) is 2.99. The Morgan fingerprint density at radius 3 is 2.52 bits per heavy atom. The van der Waals surface area contributed by atoms with Crippen molar-refractivity contribution in [1.82, 2.24) is 19.7 Å². The zero-order chi connectivity index (χ0) is 16.8. The van der Waals surface area contributed by atoms with Crippen LogP contribution in [0.25, 0.3) is 0 Å². The predicted octanol–water partition coefficient (Wildman–Crippen LogP) is 2.11. The van der Waals surface area contributed by atoms with E-state index < -0.39 is 0 Å². The molecule has 0 aliphatic carbocycles. The van der Waals surface area contributed by atoms with Gasteiger partial charge in [-0.25, -0.2) is 0 Å². The first-order chi connectivity index (χ1) is 11.0. The summed E-state index contributed by atoms with van der Waals surface area (Å²) in [6.45, 7) is 3.43. The summed E-state index contributed by atoms with van der Waals surface area (Å²) in [4.78, 5) is 16.1. The smallest absolute Gasteiger partial charge is 0.233 e. The highest BCUT2D eigenvalue weighted by atomic mass is 32.2. The zero-order valence-corrected chi connectivity index (χ0v) is 14.9. The summed E-state index contributed by atoms with van der Waals surface area (Å²) in [6, 6.07) is 8.23. The van der Waals surface area contributed by atoms with Crippen molar-refractivity contribution in [2.75, 3.05) is 31.8 Å². The summed E-state index contributed by atoms with van der Waals surface area (Å²) in [7, 11) is 5.85. The second kappa shape index (κ2) is 8.01. The standard InChI is InChI=1S/C16H23N5OS/c1-5-21-12-17-18-16(21)23-11-15(22)20(4)10-13-6-8-14(9-7-13)19(2)3/h6-9,12H,5,10-11H2,1-4H3. The van der Waals surface area contributed by atoms with E-state index in [1.807, 2.05) is 32.6 Å². The molecule has 6 nitrogen and oxygen atoms in total. The molecule has 1 heterocycles. The Balaban J connectivity index is 1.87. The maximum absolute atomic E-state index is 12.3. The van der Waals surface area contributed by atoms with Crippen molar-refractivity contribution in [3.8, 4) is 0 Å². The van der Waals surface area contributed by atoms with Crippen molar-refractivity contribution >= 4 is 23.4 Å². The minimum absolute atomic E-state index is 0.0809. The van der Waals surface area contributed by atoms with E-state index in [1.165, 1.54) is 11.8 Å². The second-order valence-electron chi connectivity index (χ2n) is 5.50. The van der Waals surface area contributed by atoms with Crippen molar-refractivity contribution in [2.24, 2.45) is 0 Å². The van der Waals surface area contributed by atoms with Gasteiger partial charge in [0.1, 0.15) is 6.33 Å². The summed E-state index contributed by atoms with van der Waals surface area (Å²) < 4.78 is 1.93. The number of benzene rings is 1. The molecule has 2 aromatic rings. The molecule has 0 radical (unpaired) electrons. The van der Waals surface area contributed by atoms with Crippen LogP contribution in [0.1, 0.15) is 12.5 Å². The quantitative estimate of drug-likeness (QED) is 0.727. The van der Waals surface area contributed by atoms with Gasteiger partial charge >= 0.3 is 0 Å². The summed E-state index contributed by atoms with van der Waals surface area (Å²) >= 11 is 1.42. The fourth-order valence-electron chi connectivity index (χ4n) is 2.07. The molecule has 124 valence electrons. The molecule has 0 saturated heterocycles. The van der Waals surface area contributed by atoms with E-state index >= 15 is 0 Å².